The van der Waals surface area contributed by atoms with Gasteiger partial charge in [0.25, 0.3) is 0 Å². The molecule has 0 heterocycles. The first-order chi connectivity index (χ1) is 9.79. The van der Waals surface area contributed by atoms with E-state index >= 15 is 0 Å². The van der Waals surface area contributed by atoms with Crippen LogP contribution in [0.3, 0.4) is 0 Å². The van der Waals surface area contributed by atoms with Crippen molar-refractivity contribution in [2.75, 3.05) is 5.32 Å². The molecular weight excluding hydrogens is 289 g/mol. The van der Waals surface area contributed by atoms with Crippen LogP contribution in [0.25, 0.3) is 0 Å². The smallest absolute Gasteiger partial charge is 0.353 e. The predicted molar refractivity (Wildman–Crippen MR) is 67.9 cm³/mol. The molecule has 5 nitrogen and oxygen atoms in total. The van der Waals surface area contributed by atoms with E-state index in [1.165, 1.54) is 12.1 Å². The quantitative estimate of drug-likeness (QED) is 0.686. The number of carbonyl (C=O) groups is 1. The molecule has 0 radical (unpaired) electrons. The minimum absolute atomic E-state index is 0.0515. The predicted octanol–water partition coefficient (Wildman–Crippen LogP) is 3.36. The van der Waals surface area contributed by atoms with Crippen LogP contribution in [0, 0.1) is 10.1 Å². The van der Waals surface area contributed by atoms with Crippen molar-refractivity contribution in [3.05, 3.63) is 51.3 Å². The van der Waals surface area contributed by atoms with Crippen LogP contribution in [0.1, 0.15) is 24.8 Å². The highest BCUT2D eigenvalue weighted by atomic mass is 19.4. The van der Waals surface area contributed by atoms with Gasteiger partial charge in [-0.1, -0.05) is 6.07 Å². The molecule has 2 rings (SSSR count). The average molecular weight is 300 g/mol. The third kappa shape index (κ3) is 3.39. The third-order valence-corrected chi connectivity index (χ3v) is 3.05. The zero-order valence-electron chi connectivity index (χ0n) is 10.7. The van der Waals surface area contributed by atoms with Crippen molar-refractivity contribution in [2.45, 2.75) is 25.4 Å². The number of Topliss-reactive ketones (excluding diaryl/α,β-unsaturated/α-hetero) is 1. The normalized spacial score (nSPS) is 16.0. The minimum Gasteiger partial charge on any atom is -0.353 e. The van der Waals surface area contributed by atoms with Gasteiger partial charge in [0.1, 0.15) is 0 Å². The number of hydrogen-bond donors (Lipinski definition) is 1. The summed E-state index contributed by atoms with van der Waals surface area (Å²) in [4.78, 5) is 21.6. The lowest BCUT2D eigenvalue weighted by Gasteiger charge is -2.16. The number of anilines is 1. The summed E-state index contributed by atoms with van der Waals surface area (Å²) in [6, 6.07) is 4.31. The second-order valence-corrected chi connectivity index (χ2v) is 4.56. The number of carbonyl (C=O) groups excluding carboxylic acids is 1. The number of rotatable bonds is 3. The van der Waals surface area contributed by atoms with Crippen LogP contribution in [0.5, 0.6) is 0 Å². The molecule has 8 heteroatoms. The first-order valence-electron chi connectivity index (χ1n) is 6.14. The highest BCUT2D eigenvalue weighted by Crippen LogP contribution is 2.32. The Balaban J connectivity index is 2.34. The summed E-state index contributed by atoms with van der Waals surface area (Å²) in [5.74, 6) is -0.610. The van der Waals surface area contributed by atoms with E-state index in [2.05, 4.69) is 5.32 Å². The van der Waals surface area contributed by atoms with Crippen molar-refractivity contribution < 1.29 is 22.9 Å². The van der Waals surface area contributed by atoms with Crippen LogP contribution in [0.4, 0.5) is 18.9 Å². The molecule has 0 spiro atoms. The number of nitrogens with zero attached hydrogens (tertiary/aromatic N) is 1. The molecule has 1 aliphatic carbocycles. The van der Waals surface area contributed by atoms with Crippen molar-refractivity contribution in [3.63, 3.8) is 0 Å². The Morgan fingerprint density at radius 3 is 2.57 bits per heavy atom. The Morgan fingerprint density at radius 1 is 1.24 bits per heavy atom. The summed E-state index contributed by atoms with van der Waals surface area (Å²) in [5, 5.41) is 13.5. The molecule has 0 saturated carbocycles. The molecule has 1 aromatic rings. The first-order valence-corrected chi connectivity index (χ1v) is 6.14. The lowest BCUT2D eigenvalue weighted by atomic mass is 10.00. The van der Waals surface area contributed by atoms with E-state index in [1.54, 1.807) is 0 Å². The molecule has 0 fully saturated rings. The largest absolute Gasteiger partial charge is 0.416 e. The standard InChI is InChI=1S/C13H11F3N2O3/c14-13(15,16)8-3-1-4-9(7-8)17-10-5-2-6-11(19)12(10)18(20)21/h1,3-4,7,17H,2,5-6H2. The Labute approximate surface area is 117 Å². The summed E-state index contributed by atoms with van der Waals surface area (Å²) in [7, 11) is 0. The van der Waals surface area contributed by atoms with Gasteiger partial charge in [-0.3, -0.25) is 14.9 Å². The zero-order valence-corrected chi connectivity index (χ0v) is 10.7. The molecule has 0 atom stereocenters. The van der Waals surface area contributed by atoms with E-state index in [0.717, 1.165) is 12.1 Å². The van der Waals surface area contributed by atoms with Crippen LogP contribution < -0.4 is 5.32 Å². The molecule has 112 valence electrons. The Bertz CT molecular complexity index is 623. The van der Waals surface area contributed by atoms with Crippen molar-refractivity contribution in [3.8, 4) is 0 Å². The van der Waals surface area contributed by atoms with Crippen LogP contribution in [0.2, 0.25) is 0 Å². The van der Waals surface area contributed by atoms with Gasteiger partial charge in [0.05, 0.1) is 16.2 Å². The van der Waals surface area contributed by atoms with E-state index in [4.69, 9.17) is 0 Å². The molecule has 0 bridgehead atoms. The number of benzene rings is 1. The first kappa shape index (κ1) is 15.0. The highest BCUT2D eigenvalue weighted by molar-refractivity contribution is 5.95. The van der Waals surface area contributed by atoms with E-state index in [1.807, 2.05) is 0 Å². The molecule has 0 amide bonds. The summed E-state index contributed by atoms with van der Waals surface area (Å²) >= 11 is 0. The SMILES string of the molecule is O=C1CCCC(Nc2cccc(C(F)(F)F)c2)=C1[N+](=O)[O-]. The zero-order chi connectivity index (χ0) is 15.6. The van der Waals surface area contributed by atoms with Gasteiger partial charge < -0.3 is 5.32 Å². The van der Waals surface area contributed by atoms with E-state index < -0.39 is 28.1 Å². The summed E-state index contributed by atoms with van der Waals surface area (Å²) in [5.41, 5.74) is -1.32. The number of allylic oxidation sites excluding steroid dienone is 2. The molecule has 0 aromatic heterocycles. The number of ketones is 1. The maximum atomic E-state index is 12.6. The fraction of sp³-hybridized carbons (Fsp3) is 0.308. The summed E-state index contributed by atoms with van der Waals surface area (Å²) < 4.78 is 37.8. The number of nitro groups is 1. The molecular formula is C13H11F3N2O3. The summed E-state index contributed by atoms with van der Waals surface area (Å²) in [6.07, 6.45) is -3.75. The van der Waals surface area contributed by atoms with Crippen LogP contribution in [0.15, 0.2) is 35.7 Å². The number of hydrogen-bond acceptors (Lipinski definition) is 4. The Hall–Kier alpha value is -2.38. The van der Waals surface area contributed by atoms with Crippen molar-refractivity contribution in [1.82, 2.24) is 0 Å². The van der Waals surface area contributed by atoms with Gasteiger partial charge in [-0.25, -0.2) is 0 Å². The average Bonchev–Trinajstić information content (AvgIpc) is 2.37. The summed E-state index contributed by atoms with van der Waals surface area (Å²) in [6.45, 7) is 0. The number of halogens is 3. The second kappa shape index (κ2) is 5.55. The van der Waals surface area contributed by atoms with Crippen molar-refractivity contribution in [2.24, 2.45) is 0 Å². The molecule has 0 aliphatic heterocycles. The maximum absolute atomic E-state index is 12.6. The van der Waals surface area contributed by atoms with E-state index in [-0.39, 0.29) is 24.2 Å². The Morgan fingerprint density at radius 2 is 1.95 bits per heavy atom. The lowest BCUT2D eigenvalue weighted by molar-refractivity contribution is -0.420. The van der Waals surface area contributed by atoms with Crippen LogP contribution >= 0.6 is 0 Å². The third-order valence-electron chi connectivity index (χ3n) is 3.05. The fourth-order valence-corrected chi connectivity index (χ4v) is 2.11. The van der Waals surface area contributed by atoms with E-state index in [0.29, 0.717) is 6.42 Å². The lowest BCUT2D eigenvalue weighted by Crippen LogP contribution is -2.21. The minimum atomic E-state index is -4.50. The van der Waals surface area contributed by atoms with Crippen molar-refractivity contribution in [1.29, 1.82) is 0 Å². The molecule has 0 unspecified atom stereocenters. The molecule has 1 N–H and O–H groups in total. The highest BCUT2D eigenvalue weighted by Gasteiger charge is 2.32. The molecule has 1 aromatic carbocycles. The second-order valence-electron chi connectivity index (χ2n) is 4.56. The van der Waals surface area contributed by atoms with Crippen molar-refractivity contribution >= 4 is 11.5 Å². The fourth-order valence-electron chi connectivity index (χ4n) is 2.11. The number of alkyl halides is 3. The van der Waals surface area contributed by atoms with Gasteiger partial charge in [-0.2, -0.15) is 13.2 Å². The maximum Gasteiger partial charge on any atom is 0.416 e. The topological polar surface area (TPSA) is 72.2 Å². The van der Waals surface area contributed by atoms with Gasteiger partial charge in [-0.15, -0.1) is 0 Å². The molecule has 1 aliphatic rings. The van der Waals surface area contributed by atoms with Crippen LogP contribution in [-0.4, -0.2) is 10.7 Å². The van der Waals surface area contributed by atoms with Gasteiger partial charge in [-0.05, 0) is 31.0 Å². The van der Waals surface area contributed by atoms with Gasteiger partial charge in [0.2, 0.25) is 5.78 Å². The molecule has 21 heavy (non-hydrogen) atoms. The number of nitrogens with one attached hydrogen (secondary N) is 1. The van der Waals surface area contributed by atoms with E-state index in [9.17, 15) is 28.1 Å². The Kier molecular flexibility index (Phi) is 3.97. The monoisotopic (exact) mass is 300 g/mol. The van der Waals surface area contributed by atoms with Gasteiger partial charge in [0, 0.05) is 12.1 Å². The molecule has 0 saturated heterocycles. The van der Waals surface area contributed by atoms with Gasteiger partial charge >= 0.3 is 11.9 Å². The van der Waals surface area contributed by atoms with Gasteiger partial charge in [0.15, 0.2) is 0 Å². The van der Waals surface area contributed by atoms with Crippen LogP contribution in [-0.2, 0) is 11.0 Å².